The average molecular weight is 298 g/mol. The molecule has 0 aromatic heterocycles. The minimum absolute atomic E-state index is 0. The summed E-state index contributed by atoms with van der Waals surface area (Å²) in [7, 11) is -4.60. The number of rotatable bonds is 4. The minimum Gasteiger partial charge on any atom is -1.00 e. The molecule has 0 aliphatic heterocycles. The molecule has 1 aromatic carbocycles. The summed E-state index contributed by atoms with van der Waals surface area (Å²) in [6.45, 7) is 1.60. The number of carbonyl (C=O) groups is 2. The third kappa shape index (κ3) is 4.92. The van der Waals surface area contributed by atoms with Gasteiger partial charge in [0.1, 0.15) is 0 Å². The van der Waals surface area contributed by atoms with E-state index in [1.165, 1.54) is 0 Å². The molecule has 0 radical (unpaired) electrons. The molecule has 0 saturated carbocycles. The number of carboxylic acids is 1. The van der Waals surface area contributed by atoms with Gasteiger partial charge in [-0.3, -0.25) is 4.55 Å². The molecule has 0 spiro atoms. The van der Waals surface area contributed by atoms with Crippen molar-refractivity contribution in [2.24, 2.45) is 0 Å². The fraction of sp³-hybridized carbons (Fsp3) is 0.200. The Morgan fingerprint density at radius 1 is 1.26 bits per heavy atom. The van der Waals surface area contributed by atoms with Crippen molar-refractivity contribution >= 4 is 22.1 Å². The van der Waals surface area contributed by atoms with Crippen LogP contribution in [-0.2, 0) is 14.9 Å². The molecule has 19 heavy (non-hydrogen) atoms. The van der Waals surface area contributed by atoms with Crippen LogP contribution >= 0.6 is 0 Å². The van der Waals surface area contributed by atoms with Crippen LogP contribution < -0.4 is 29.6 Å². The fourth-order valence-corrected chi connectivity index (χ4v) is 1.76. The molecule has 0 atom stereocenters. The van der Waals surface area contributed by atoms with Crippen LogP contribution in [0.5, 0.6) is 0 Å². The minimum atomic E-state index is -4.60. The van der Waals surface area contributed by atoms with Gasteiger partial charge in [0, 0.05) is 0 Å². The molecule has 0 unspecified atom stereocenters. The van der Waals surface area contributed by atoms with Crippen molar-refractivity contribution in [2.75, 3.05) is 6.61 Å². The Balaban J connectivity index is 0. The zero-order valence-electron chi connectivity index (χ0n) is 11.3. The Labute approximate surface area is 133 Å². The van der Waals surface area contributed by atoms with Crippen molar-refractivity contribution in [3.8, 4) is 0 Å². The fourth-order valence-electron chi connectivity index (χ4n) is 1.20. The van der Waals surface area contributed by atoms with Crippen molar-refractivity contribution in [3.63, 3.8) is 0 Å². The van der Waals surface area contributed by atoms with Gasteiger partial charge in [0.25, 0.3) is 10.1 Å². The zero-order valence-corrected chi connectivity index (χ0v) is 13.1. The number of aromatic carboxylic acids is 1. The number of carboxylic acid groups (broad SMARTS) is 1. The van der Waals surface area contributed by atoms with E-state index in [1.54, 1.807) is 6.92 Å². The smallest absolute Gasteiger partial charge is 1.00 e. The first kappa shape index (κ1) is 18.1. The van der Waals surface area contributed by atoms with Gasteiger partial charge in [-0.05, 0) is 25.1 Å². The number of esters is 1. The molecule has 7 nitrogen and oxygen atoms in total. The van der Waals surface area contributed by atoms with Gasteiger partial charge in [-0.1, -0.05) is 0 Å². The Bertz CT molecular complexity index is 600. The van der Waals surface area contributed by atoms with E-state index in [1.807, 2.05) is 0 Å². The second-order valence-electron chi connectivity index (χ2n) is 3.25. The maximum absolute atomic E-state index is 11.4. The predicted octanol–water partition coefficient (Wildman–Crippen LogP) is -2.08. The van der Waals surface area contributed by atoms with E-state index in [9.17, 15) is 18.0 Å². The maximum Gasteiger partial charge on any atom is 1.00 e. The van der Waals surface area contributed by atoms with Gasteiger partial charge in [0.15, 0.2) is 0 Å². The van der Waals surface area contributed by atoms with Crippen LogP contribution in [0, 0.1) is 0 Å². The van der Waals surface area contributed by atoms with E-state index in [0.29, 0.717) is 0 Å². The van der Waals surface area contributed by atoms with Crippen LogP contribution in [0.1, 0.15) is 29.1 Å². The summed E-state index contributed by atoms with van der Waals surface area (Å²) >= 11 is 0. The van der Waals surface area contributed by atoms with Crippen molar-refractivity contribution in [3.05, 3.63) is 29.3 Å². The predicted molar refractivity (Wildman–Crippen MR) is 60.3 cm³/mol. The molecule has 0 aliphatic rings. The molecule has 1 aromatic rings. The number of ether oxygens (including phenoxy) is 1. The summed E-state index contributed by atoms with van der Waals surface area (Å²) in [5.41, 5.74) is -0.697. The molecule has 0 saturated heterocycles. The molecule has 0 heterocycles. The average Bonchev–Trinajstić information content (AvgIpc) is 2.27. The van der Waals surface area contributed by atoms with E-state index >= 15 is 0 Å². The van der Waals surface area contributed by atoms with Gasteiger partial charge < -0.3 is 11.3 Å². The summed E-state index contributed by atoms with van der Waals surface area (Å²) in [6.07, 6.45) is 0. The first-order chi connectivity index (χ1) is 8.25. The Kier molecular flexibility index (Phi) is 6.67. The van der Waals surface area contributed by atoms with Gasteiger partial charge in [-0.15, -0.1) is 0 Å². The number of hydrogen-bond donors (Lipinski definition) is 2. The normalized spacial score (nSPS) is 10.4. The summed E-state index contributed by atoms with van der Waals surface area (Å²) < 4.78 is 35.4. The molecule has 0 fully saturated rings. The third-order valence-corrected chi connectivity index (χ3v) is 2.79. The number of benzene rings is 1. The summed E-state index contributed by atoms with van der Waals surface area (Å²) in [5, 5.41) is 8.78. The first-order valence-electron chi connectivity index (χ1n) is 4.78. The van der Waals surface area contributed by atoms with Crippen molar-refractivity contribution < 1.29 is 63.4 Å². The molecule has 0 aliphatic carbocycles. The van der Waals surface area contributed by atoms with E-state index in [-0.39, 0.29) is 43.2 Å². The summed E-state index contributed by atoms with van der Waals surface area (Å²) in [4.78, 5) is 21.5. The molecule has 0 amide bonds. The van der Waals surface area contributed by atoms with Gasteiger partial charge in [-0.2, -0.15) is 8.42 Å². The Hall–Kier alpha value is -0.930. The number of hydrogen-bond acceptors (Lipinski definition) is 5. The molecular formula is C10H11NaO7S. The van der Waals surface area contributed by atoms with Crippen LogP contribution in [0.2, 0.25) is 0 Å². The number of carbonyl (C=O) groups excluding carboxylic acids is 1. The van der Waals surface area contributed by atoms with Gasteiger partial charge in [0.2, 0.25) is 0 Å². The Morgan fingerprint density at radius 3 is 2.21 bits per heavy atom. The van der Waals surface area contributed by atoms with Crippen molar-refractivity contribution in [1.29, 1.82) is 0 Å². The molecule has 2 N–H and O–H groups in total. The van der Waals surface area contributed by atoms with Crippen LogP contribution in [0.25, 0.3) is 0 Å². The van der Waals surface area contributed by atoms with Crippen molar-refractivity contribution in [1.82, 2.24) is 0 Å². The van der Waals surface area contributed by atoms with Crippen LogP contribution in [0.4, 0.5) is 0 Å². The quantitative estimate of drug-likeness (QED) is 0.372. The summed E-state index contributed by atoms with van der Waals surface area (Å²) in [5.74, 6) is -2.29. The SMILES string of the molecule is CCOC(=O)c1cc(C(=O)O)cc(S(=O)(=O)O)c1.[H-].[Na+]. The second kappa shape index (κ2) is 7.01. The molecule has 1 rings (SSSR count). The molecular weight excluding hydrogens is 287 g/mol. The van der Waals surface area contributed by atoms with Crippen LogP contribution in [-0.4, -0.2) is 36.6 Å². The van der Waals surface area contributed by atoms with Crippen LogP contribution in [0.3, 0.4) is 0 Å². The first-order valence-corrected chi connectivity index (χ1v) is 6.22. The van der Waals surface area contributed by atoms with Gasteiger partial charge >= 0.3 is 41.5 Å². The topological polar surface area (TPSA) is 118 Å². The van der Waals surface area contributed by atoms with E-state index < -0.39 is 32.5 Å². The van der Waals surface area contributed by atoms with Crippen LogP contribution in [0.15, 0.2) is 23.1 Å². The zero-order chi connectivity index (χ0) is 13.9. The van der Waals surface area contributed by atoms with E-state index in [2.05, 4.69) is 4.74 Å². The monoisotopic (exact) mass is 298 g/mol. The van der Waals surface area contributed by atoms with Gasteiger partial charge in [-0.25, -0.2) is 9.59 Å². The molecule has 9 heteroatoms. The molecule has 100 valence electrons. The van der Waals surface area contributed by atoms with E-state index in [0.717, 1.165) is 18.2 Å². The van der Waals surface area contributed by atoms with Gasteiger partial charge in [0.05, 0.1) is 22.6 Å². The largest absolute Gasteiger partial charge is 1.00 e. The Morgan fingerprint density at radius 2 is 1.79 bits per heavy atom. The molecule has 0 bridgehead atoms. The second-order valence-corrected chi connectivity index (χ2v) is 4.67. The maximum atomic E-state index is 11.4. The van der Waals surface area contributed by atoms with Crippen molar-refractivity contribution in [2.45, 2.75) is 11.8 Å². The third-order valence-electron chi connectivity index (χ3n) is 1.96. The van der Waals surface area contributed by atoms with E-state index in [4.69, 9.17) is 9.66 Å². The summed E-state index contributed by atoms with van der Waals surface area (Å²) in [6, 6.07) is 2.56. The standard InChI is InChI=1S/C10H10O7S.Na.H/c1-2-17-10(13)7-3-6(9(11)12)4-8(5-7)18(14,15)16;;/h3-5H,2H2,1H3,(H,11,12)(H,14,15,16);;/q;+1;-1.